The van der Waals surface area contributed by atoms with Gasteiger partial charge in [-0.3, -0.25) is 0 Å². The Morgan fingerprint density at radius 2 is 2.39 bits per heavy atom. The summed E-state index contributed by atoms with van der Waals surface area (Å²) in [5, 5.41) is 9.82. The molecule has 0 radical (unpaired) electrons. The van der Waals surface area contributed by atoms with Crippen LogP contribution < -0.4 is 5.73 Å². The van der Waals surface area contributed by atoms with Crippen LogP contribution in [-0.2, 0) is 9.47 Å². The molecule has 2 aromatic heterocycles. The van der Waals surface area contributed by atoms with Gasteiger partial charge in [-0.15, -0.1) is 0 Å². The van der Waals surface area contributed by atoms with Gasteiger partial charge in [0.05, 0.1) is 18.6 Å². The normalized spacial score (nSPS) is 23.9. The second-order valence-electron chi connectivity index (χ2n) is 4.21. The van der Waals surface area contributed by atoms with Gasteiger partial charge in [-0.1, -0.05) is 0 Å². The van der Waals surface area contributed by atoms with Crippen LogP contribution in [0.4, 0.5) is 5.82 Å². The van der Waals surface area contributed by atoms with E-state index in [0.717, 1.165) is 10.9 Å². The molecule has 7 nitrogen and oxygen atoms in total. The Balaban J connectivity index is 2.06. The number of anilines is 1. The fraction of sp³-hybridized carbons (Fsp3) is 0.455. The second-order valence-corrected chi connectivity index (χ2v) is 4.21. The molecule has 18 heavy (non-hydrogen) atoms. The number of aromatic nitrogens is 3. The first-order chi connectivity index (χ1) is 8.70. The van der Waals surface area contributed by atoms with Gasteiger partial charge in [0.1, 0.15) is 17.8 Å². The molecule has 3 N–H and O–H groups in total. The van der Waals surface area contributed by atoms with E-state index in [-0.39, 0.29) is 12.8 Å². The molecule has 2 aromatic rings. The van der Waals surface area contributed by atoms with Gasteiger partial charge in [-0.25, -0.2) is 9.97 Å². The Kier molecular flexibility index (Phi) is 2.66. The van der Waals surface area contributed by atoms with Crippen LogP contribution in [0.5, 0.6) is 0 Å². The molecule has 1 aliphatic heterocycles. The number of aliphatic hydroxyl groups excluding tert-OH is 1. The molecule has 1 aliphatic rings. The Labute approximate surface area is 103 Å². The van der Waals surface area contributed by atoms with Crippen molar-refractivity contribution in [1.29, 1.82) is 0 Å². The summed E-state index contributed by atoms with van der Waals surface area (Å²) in [6.45, 7) is 2.15. The zero-order valence-corrected chi connectivity index (χ0v) is 9.91. The number of hydrogen-bond acceptors (Lipinski definition) is 6. The van der Waals surface area contributed by atoms with E-state index >= 15 is 0 Å². The predicted molar refractivity (Wildman–Crippen MR) is 63.6 cm³/mol. The van der Waals surface area contributed by atoms with E-state index in [4.69, 9.17) is 20.3 Å². The van der Waals surface area contributed by atoms with Crippen molar-refractivity contribution >= 4 is 16.9 Å². The van der Waals surface area contributed by atoms with Crippen LogP contribution in [0.15, 0.2) is 12.5 Å². The lowest BCUT2D eigenvalue weighted by Crippen LogP contribution is -2.15. The number of aliphatic hydroxyl groups is 1. The lowest BCUT2D eigenvalue weighted by molar-refractivity contribution is -0.0979. The van der Waals surface area contributed by atoms with E-state index in [9.17, 15) is 0 Å². The van der Waals surface area contributed by atoms with Crippen molar-refractivity contribution in [1.82, 2.24) is 14.5 Å². The minimum atomic E-state index is -0.577. The molecule has 3 rings (SSSR count). The molecular formula is C11H14N4O3. The summed E-state index contributed by atoms with van der Waals surface area (Å²) < 4.78 is 12.7. The van der Waals surface area contributed by atoms with E-state index in [0.29, 0.717) is 18.1 Å². The first-order valence-corrected chi connectivity index (χ1v) is 5.66. The van der Waals surface area contributed by atoms with Crippen LogP contribution in [0.25, 0.3) is 11.0 Å². The van der Waals surface area contributed by atoms with Gasteiger partial charge in [0.2, 0.25) is 0 Å². The van der Waals surface area contributed by atoms with E-state index < -0.39 is 6.29 Å². The summed E-state index contributed by atoms with van der Waals surface area (Å²) in [6, 6.07) is 0. The lowest BCUT2D eigenvalue weighted by atomic mass is 10.2. The third-order valence-electron chi connectivity index (χ3n) is 3.02. The molecule has 0 saturated carbocycles. The average Bonchev–Trinajstić information content (AvgIpc) is 2.94. The van der Waals surface area contributed by atoms with Crippen molar-refractivity contribution in [2.75, 3.05) is 18.9 Å². The number of ether oxygens (including phenoxy) is 2. The summed E-state index contributed by atoms with van der Waals surface area (Å²) in [5.74, 6) is 0.453. The predicted octanol–water partition coefficient (Wildman–Crippen LogP) is 0.186. The van der Waals surface area contributed by atoms with Crippen LogP contribution in [0.1, 0.15) is 11.8 Å². The molecule has 2 atom stereocenters. The van der Waals surface area contributed by atoms with Crippen molar-refractivity contribution in [3.05, 3.63) is 18.1 Å². The van der Waals surface area contributed by atoms with E-state index in [1.165, 1.54) is 6.33 Å². The number of nitrogens with two attached hydrogens (primary N) is 1. The van der Waals surface area contributed by atoms with E-state index in [1.807, 2.05) is 17.7 Å². The zero-order chi connectivity index (χ0) is 12.7. The van der Waals surface area contributed by atoms with Crippen molar-refractivity contribution in [3.63, 3.8) is 0 Å². The van der Waals surface area contributed by atoms with Crippen molar-refractivity contribution in [3.8, 4) is 0 Å². The molecule has 96 valence electrons. The maximum Gasteiger partial charge on any atom is 0.183 e. The minimum Gasteiger partial charge on any atom is -0.391 e. The minimum absolute atomic E-state index is 0.161. The van der Waals surface area contributed by atoms with Crippen LogP contribution in [0.3, 0.4) is 0 Å². The maximum atomic E-state index is 8.99. The molecule has 3 heterocycles. The van der Waals surface area contributed by atoms with Gasteiger partial charge < -0.3 is 24.9 Å². The molecule has 1 fully saturated rings. The smallest absolute Gasteiger partial charge is 0.183 e. The molecule has 0 aromatic carbocycles. The van der Waals surface area contributed by atoms with Crippen molar-refractivity contribution < 1.29 is 14.6 Å². The monoisotopic (exact) mass is 250 g/mol. The lowest BCUT2D eigenvalue weighted by Gasteiger charge is -2.12. The molecule has 0 bridgehead atoms. The molecule has 0 unspecified atom stereocenters. The van der Waals surface area contributed by atoms with Gasteiger partial charge in [0.15, 0.2) is 12.5 Å². The maximum absolute atomic E-state index is 8.99. The zero-order valence-electron chi connectivity index (χ0n) is 9.91. The Morgan fingerprint density at radius 3 is 3.11 bits per heavy atom. The van der Waals surface area contributed by atoms with Crippen LogP contribution in [0.2, 0.25) is 0 Å². The Bertz CT molecular complexity index is 583. The number of nitrogens with zero attached hydrogens (tertiary/aromatic N) is 3. The highest BCUT2D eigenvalue weighted by molar-refractivity contribution is 5.89. The molecule has 7 heteroatoms. The van der Waals surface area contributed by atoms with Gasteiger partial charge >= 0.3 is 0 Å². The van der Waals surface area contributed by atoms with Gasteiger partial charge in [-0.2, -0.15) is 0 Å². The van der Waals surface area contributed by atoms with E-state index in [1.54, 1.807) is 0 Å². The van der Waals surface area contributed by atoms with Gasteiger partial charge in [0, 0.05) is 6.20 Å². The topological polar surface area (TPSA) is 95.4 Å². The number of fused-ring (bicyclic) bond motifs is 1. The highest BCUT2D eigenvalue weighted by Crippen LogP contribution is 2.29. The Morgan fingerprint density at radius 1 is 1.56 bits per heavy atom. The van der Waals surface area contributed by atoms with Crippen molar-refractivity contribution in [2.24, 2.45) is 0 Å². The average molecular weight is 250 g/mol. The van der Waals surface area contributed by atoms with Crippen LogP contribution >= 0.6 is 0 Å². The third kappa shape index (κ3) is 1.64. The number of rotatable bonds is 2. The molecule has 1 saturated heterocycles. The van der Waals surface area contributed by atoms with Crippen LogP contribution in [-0.4, -0.2) is 39.1 Å². The first kappa shape index (κ1) is 11.4. The summed E-state index contributed by atoms with van der Waals surface area (Å²) in [5.41, 5.74) is 7.55. The standard InChI is InChI=1S/C11H14N4O3/c1-6-2-15(7-4-17-8(3-16)18-7)11-9(6)10(12)13-5-14-11/h2,5,7-8,16H,3-4H2,1H3,(H2,12,13,14)/t7-,8-/m1/s1. The summed E-state index contributed by atoms with van der Waals surface area (Å²) >= 11 is 0. The highest BCUT2D eigenvalue weighted by atomic mass is 16.7. The fourth-order valence-corrected chi connectivity index (χ4v) is 2.20. The van der Waals surface area contributed by atoms with Gasteiger partial charge in [0.25, 0.3) is 0 Å². The molecule has 0 amide bonds. The van der Waals surface area contributed by atoms with Gasteiger partial charge in [-0.05, 0) is 12.5 Å². The number of nitrogen functional groups attached to an aromatic ring is 1. The third-order valence-corrected chi connectivity index (χ3v) is 3.02. The molecular weight excluding hydrogens is 236 g/mol. The number of aryl methyl sites for hydroxylation is 1. The largest absolute Gasteiger partial charge is 0.391 e. The second kappa shape index (κ2) is 4.20. The fourth-order valence-electron chi connectivity index (χ4n) is 2.20. The summed E-state index contributed by atoms with van der Waals surface area (Å²) in [4.78, 5) is 8.21. The first-order valence-electron chi connectivity index (χ1n) is 5.66. The van der Waals surface area contributed by atoms with Crippen molar-refractivity contribution in [2.45, 2.75) is 19.4 Å². The Hall–Kier alpha value is -1.70. The highest BCUT2D eigenvalue weighted by Gasteiger charge is 2.28. The number of hydrogen-bond donors (Lipinski definition) is 2. The summed E-state index contributed by atoms with van der Waals surface area (Å²) in [7, 11) is 0. The molecule has 0 aliphatic carbocycles. The summed E-state index contributed by atoms with van der Waals surface area (Å²) in [6.07, 6.45) is 2.45. The molecule has 0 spiro atoms. The van der Waals surface area contributed by atoms with Crippen LogP contribution in [0, 0.1) is 6.92 Å². The quantitative estimate of drug-likeness (QED) is 0.789. The van der Waals surface area contributed by atoms with E-state index in [2.05, 4.69) is 9.97 Å². The SMILES string of the molecule is Cc1cn([C@H]2CO[C@@H](CO)O2)c2ncnc(N)c12.